The van der Waals surface area contributed by atoms with Crippen LogP contribution in [0.2, 0.25) is 0 Å². The number of hydrogen-bond acceptors (Lipinski definition) is 3. The van der Waals surface area contributed by atoms with E-state index in [1.807, 2.05) is 6.92 Å². The number of carbonyl (C=O) groups is 2. The molecule has 2 amide bonds. The maximum atomic E-state index is 11.5. The van der Waals surface area contributed by atoms with E-state index in [-0.39, 0.29) is 11.8 Å². The summed E-state index contributed by atoms with van der Waals surface area (Å²) in [5.74, 6) is -0.251. The van der Waals surface area contributed by atoms with Gasteiger partial charge in [0.05, 0.1) is 12.2 Å². The summed E-state index contributed by atoms with van der Waals surface area (Å²) in [6, 6.07) is 3.31. The molecule has 0 radical (unpaired) electrons. The predicted octanol–water partition coefficient (Wildman–Crippen LogP) is 0.467. The van der Waals surface area contributed by atoms with Crippen molar-refractivity contribution in [2.75, 3.05) is 6.54 Å². The van der Waals surface area contributed by atoms with Gasteiger partial charge in [0.15, 0.2) is 0 Å². The minimum atomic E-state index is -0.131. The van der Waals surface area contributed by atoms with Gasteiger partial charge in [-0.2, -0.15) is 0 Å². The van der Waals surface area contributed by atoms with E-state index in [1.54, 1.807) is 18.3 Å². The molecule has 16 heavy (non-hydrogen) atoms. The van der Waals surface area contributed by atoms with Gasteiger partial charge < -0.3 is 10.6 Å². The van der Waals surface area contributed by atoms with Gasteiger partial charge in [-0.05, 0) is 19.1 Å². The highest BCUT2D eigenvalue weighted by Gasteiger charge is 2.05. The van der Waals surface area contributed by atoms with Crippen LogP contribution in [0.25, 0.3) is 0 Å². The summed E-state index contributed by atoms with van der Waals surface area (Å²) in [6.07, 6.45) is 1.56. The molecule has 1 heterocycles. The minimum absolute atomic E-state index is 0.120. The lowest BCUT2D eigenvalue weighted by Crippen LogP contribution is -2.24. The number of nitrogens with one attached hydrogen (secondary N) is 2. The maximum Gasteiger partial charge on any atom is 0.251 e. The molecule has 86 valence electrons. The Morgan fingerprint density at radius 1 is 1.38 bits per heavy atom. The van der Waals surface area contributed by atoms with E-state index < -0.39 is 0 Å². The number of amides is 2. The third-order valence-corrected chi connectivity index (χ3v) is 1.93. The van der Waals surface area contributed by atoms with Crippen molar-refractivity contribution in [1.29, 1.82) is 0 Å². The van der Waals surface area contributed by atoms with Crippen LogP contribution in [0.15, 0.2) is 18.3 Å². The van der Waals surface area contributed by atoms with E-state index in [0.717, 1.165) is 0 Å². The summed E-state index contributed by atoms with van der Waals surface area (Å²) in [7, 11) is 0. The molecule has 5 nitrogen and oxygen atoms in total. The van der Waals surface area contributed by atoms with Crippen LogP contribution in [0, 0.1) is 0 Å². The van der Waals surface area contributed by atoms with E-state index in [0.29, 0.717) is 24.3 Å². The van der Waals surface area contributed by atoms with Gasteiger partial charge in [0.25, 0.3) is 5.91 Å². The van der Waals surface area contributed by atoms with Crippen molar-refractivity contribution in [2.45, 2.75) is 20.4 Å². The van der Waals surface area contributed by atoms with Crippen molar-refractivity contribution in [3.63, 3.8) is 0 Å². The molecule has 0 bridgehead atoms. The zero-order valence-corrected chi connectivity index (χ0v) is 9.41. The van der Waals surface area contributed by atoms with Crippen LogP contribution in [0.4, 0.5) is 0 Å². The fourth-order valence-corrected chi connectivity index (χ4v) is 1.19. The lowest BCUT2D eigenvalue weighted by Gasteiger charge is -2.05. The van der Waals surface area contributed by atoms with Gasteiger partial charge in [0, 0.05) is 25.2 Å². The zero-order valence-electron chi connectivity index (χ0n) is 9.41. The second-order valence-electron chi connectivity index (χ2n) is 3.31. The number of aromatic nitrogens is 1. The number of pyridine rings is 1. The average molecular weight is 221 g/mol. The zero-order chi connectivity index (χ0) is 12.0. The third-order valence-electron chi connectivity index (χ3n) is 1.93. The van der Waals surface area contributed by atoms with Crippen molar-refractivity contribution in [1.82, 2.24) is 15.6 Å². The lowest BCUT2D eigenvalue weighted by atomic mass is 10.2. The second-order valence-corrected chi connectivity index (χ2v) is 3.31. The molecular weight excluding hydrogens is 206 g/mol. The Balaban J connectivity index is 2.70. The van der Waals surface area contributed by atoms with Gasteiger partial charge in [0.1, 0.15) is 0 Å². The predicted molar refractivity (Wildman–Crippen MR) is 59.8 cm³/mol. The summed E-state index contributed by atoms with van der Waals surface area (Å²) < 4.78 is 0. The summed E-state index contributed by atoms with van der Waals surface area (Å²) in [6.45, 7) is 4.22. The van der Waals surface area contributed by atoms with Crippen molar-refractivity contribution in [3.8, 4) is 0 Å². The number of rotatable bonds is 4. The third kappa shape index (κ3) is 3.68. The molecule has 0 aliphatic rings. The average Bonchev–Trinajstić information content (AvgIpc) is 2.27. The summed E-state index contributed by atoms with van der Waals surface area (Å²) in [5.41, 5.74) is 1.22. The molecule has 1 aromatic heterocycles. The van der Waals surface area contributed by atoms with Gasteiger partial charge in [-0.3, -0.25) is 14.6 Å². The molecule has 0 aliphatic carbocycles. The molecule has 0 aromatic carbocycles. The molecule has 0 spiro atoms. The number of nitrogens with zero attached hydrogens (tertiary/aromatic N) is 1. The Bertz CT molecular complexity index is 391. The Morgan fingerprint density at radius 2 is 2.12 bits per heavy atom. The number of carbonyl (C=O) groups excluding carboxylic acids is 2. The van der Waals surface area contributed by atoms with Crippen LogP contribution in [-0.4, -0.2) is 23.3 Å². The highest BCUT2D eigenvalue weighted by Crippen LogP contribution is 2.01. The molecule has 0 fully saturated rings. The van der Waals surface area contributed by atoms with Crippen molar-refractivity contribution >= 4 is 11.8 Å². The first-order valence-electron chi connectivity index (χ1n) is 5.11. The molecule has 2 N–H and O–H groups in total. The largest absolute Gasteiger partial charge is 0.352 e. The highest BCUT2D eigenvalue weighted by atomic mass is 16.2. The van der Waals surface area contributed by atoms with Gasteiger partial charge in [-0.25, -0.2) is 0 Å². The molecule has 0 aliphatic heterocycles. The van der Waals surface area contributed by atoms with E-state index >= 15 is 0 Å². The molecular formula is C11H15N3O2. The van der Waals surface area contributed by atoms with E-state index in [1.165, 1.54) is 6.92 Å². The molecule has 0 saturated carbocycles. The van der Waals surface area contributed by atoms with E-state index in [2.05, 4.69) is 15.6 Å². The van der Waals surface area contributed by atoms with Crippen LogP contribution in [0.5, 0.6) is 0 Å². The Kier molecular flexibility index (Phi) is 4.44. The van der Waals surface area contributed by atoms with Crippen molar-refractivity contribution in [3.05, 3.63) is 29.6 Å². The van der Waals surface area contributed by atoms with E-state index in [4.69, 9.17) is 0 Å². The quantitative estimate of drug-likeness (QED) is 0.776. The maximum absolute atomic E-state index is 11.5. The first-order valence-corrected chi connectivity index (χ1v) is 5.11. The summed E-state index contributed by atoms with van der Waals surface area (Å²) in [5, 5.41) is 5.33. The normalized spacial score (nSPS) is 9.62. The molecule has 0 saturated heterocycles. The van der Waals surface area contributed by atoms with Crippen LogP contribution < -0.4 is 10.6 Å². The van der Waals surface area contributed by atoms with Gasteiger partial charge in [-0.15, -0.1) is 0 Å². The first kappa shape index (κ1) is 12.2. The summed E-state index contributed by atoms with van der Waals surface area (Å²) >= 11 is 0. The van der Waals surface area contributed by atoms with Crippen LogP contribution in [0.1, 0.15) is 29.9 Å². The Morgan fingerprint density at radius 3 is 2.75 bits per heavy atom. The van der Waals surface area contributed by atoms with E-state index in [9.17, 15) is 9.59 Å². The fraction of sp³-hybridized carbons (Fsp3) is 0.364. The summed E-state index contributed by atoms with van der Waals surface area (Å²) in [4.78, 5) is 26.3. The Labute approximate surface area is 94.3 Å². The lowest BCUT2D eigenvalue weighted by molar-refractivity contribution is -0.119. The monoisotopic (exact) mass is 221 g/mol. The second kappa shape index (κ2) is 5.85. The fourth-order valence-electron chi connectivity index (χ4n) is 1.19. The molecule has 0 atom stereocenters. The topological polar surface area (TPSA) is 71.1 Å². The number of hydrogen-bond donors (Lipinski definition) is 2. The van der Waals surface area contributed by atoms with Gasteiger partial charge >= 0.3 is 0 Å². The molecule has 5 heteroatoms. The first-order chi connectivity index (χ1) is 7.63. The van der Waals surface area contributed by atoms with Gasteiger partial charge in [-0.1, -0.05) is 0 Å². The molecule has 1 rings (SSSR count). The molecule has 0 unspecified atom stereocenters. The highest BCUT2D eigenvalue weighted by molar-refractivity contribution is 5.94. The van der Waals surface area contributed by atoms with Crippen LogP contribution >= 0.6 is 0 Å². The van der Waals surface area contributed by atoms with Crippen molar-refractivity contribution < 1.29 is 9.59 Å². The smallest absolute Gasteiger partial charge is 0.251 e. The molecule has 1 aromatic rings. The van der Waals surface area contributed by atoms with Crippen molar-refractivity contribution in [2.24, 2.45) is 0 Å². The van der Waals surface area contributed by atoms with Gasteiger partial charge in [0.2, 0.25) is 5.91 Å². The van der Waals surface area contributed by atoms with Crippen LogP contribution in [-0.2, 0) is 11.3 Å². The van der Waals surface area contributed by atoms with Crippen LogP contribution in [0.3, 0.4) is 0 Å². The Hall–Kier alpha value is -1.91. The standard InChI is InChI=1S/C11H15N3O2/c1-3-12-11(16)9-4-5-13-10(6-9)7-14-8(2)15/h4-6H,3,7H2,1-2H3,(H,12,16)(H,14,15). The SMILES string of the molecule is CCNC(=O)c1ccnc(CNC(C)=O)c1. The minimum Gasteiger partial charge on any atom is -0.352 e.